The van der Waals surface area contributed by atoms with Gasteiger partial charge < -0.3 is 5.73 Å². The van der Waals surface area contributed by atoms with E-state index in [0.717, 1.165) is 5.56 Å². The van der Waals surface area contributed by atoms with Gasteiger partial charge in [0.15, 0.2) is 0 Å². The van der Waals surface area contributed by atoms with E-state index in [9.17, 15) is 8.42 Å². The van der Waals surface area contributed by atoms with Gasteiger partial charge in [0.2, 0.25) is 10.0 Å². The molecule has 0 bridgehead atoms. The average Bonchev–Trinajstić information content (AvgIpc) is 2.28. The Morgan fingerprint density at radius 2 is 1.84 bits per heavy atom. The lowest BCUT2D eigenvalue weighted by Crippen LogP contribution is -2.36. The molecule has 6 heteroatoms. The minimum atomic E-state index is -3.43. The lowest BCUT2D eigenvalue weighted by molar-refractivity contribution is 0.369. The van der Waals surface area contributed by atoms with Gasteiger partial charge >= 0.3 is 0 Å². The van der Waals surface area contributed by atoms with Crippen molar-refractivity contribution in [2.45, 2.75) is 38.1 Å². The first-order chi connectivity index (χ1) is 8.78. The number of rotatable bonds is 6. The molecule has 0 fully saturated rings. The monoisotopic (exact) mass is 300 g/mol. The second-order valence-electron chi connectivity index (χ2n) is 4.59. The lowest BCUT2D eigenvalue weighted by atomic mass is 10.1. The largest absolute Gasteiger partial charge is 0.393 e. The summed E-state index contributed by atoms with van der Waals surface area (Å²) in [6.07, 6.45) is 0.483. The Balaban J connectivity index is 3.06. The smallest absolute Gasteiger partial charge is 0.243 e. The second kappa shape index (κ2) is 6.45. The summed E-state index contributed by atoms with van der Waals surface area (Å²) in [7, 11) is -3.43. The van der Waals surface area contributed by atoms with Gasteiger partial charge in [-0.1, -0.05) is 31.3 Å². The van der Waals surface area contributed by atoms with Gasteiger partial charge in [-0.3, -0.25) is 0 Å². The third kappa shape index (κ3) is 3.99. The van der Waals surface area contributed by atoms with Crippen LogP contribution in [0.3, 0.4) is 0 Å². The van der Waals surface area contributed by atoms with Crippen LogP contribution >= 0.6 is 12.2 Å². The van der Waals surface area contributed by atoms with Crippen molar-refractivity contribution in [1.29, 1.82) is 0 Å². The van der Waals surface area contributed by atoms with Crippen LogP contribution in [0.1, 0.15) is 26.3 Å². The standard InChI is InChI=1S/C13H20N2O2S2/c1-4-15(10(2)3)19(16,17)12-7-5-11(6-8-12)9-13(14)18/h5-8,10H,4,9H2,1-3H3,(H2,14,18). The minimum Gasteiger partial charge on any atom is -0.393 e. The van der Waals surface area contributed by atoms with Crippen molar-refractivity contribution in [2.75, 3.05) is 6.54 Å². The van der Waals surface area contributed by atoms with E-state index in [4.69, 9.17) is 18.0 Å². The quantitative estimate of drug-likeness (QED) is 0.816. The maximum Gasteiger partial charge on any atom is 0.243 e. The minimum absolute atomic E-state index is 0.0636. The Morgan fingerprint density at radius 3 is 2.21 bits per heavy atom. The molecule has 1 aromatic rings. The lowest BCUT2D eigenvalue weighted by Gasteiger charge is -2.24. The molecule has 0 aliphatic heterocycles. The van der Waals surface area contributed by atoms with Crippen LogP contribution < -0.4 is 5.73 Å². The van der Waals surface area contributed by atoms with E-state index in [1.54, 1.807) is 24.3 Å². The van der Waals surface area contributed by atoms with Crippen LogP contribution in [-0.4, -0.2) is 30.3 Å². The molecule has 0 radical (unpaired) electrons. The number of thiocarbonyl (C=S) groups is 1. The first-order valence-electron chi connectivity index (χ1n) is 6.18. The summed E-state index contributed by atoms with van der Waals surface area (Å²) in [6, 6.07) is 6.65. The third-order valence-corrected chi connectivity index (χ3v) is 5.11. The molecular formula is C13H20N2O2S2. The summed E-state index contributed by atoms with van der Waals surface area (Å²) in [5.41, 5.74) is 6.38. The molecule has 0 aliphatic rings. The molecule has 0 saturated heterocycles. The number of hydrogen-bond acceptors (Lipinski definition) is 3. The van der Waals surface area contributed by atoms with Crippen molar-refractivity contribution in [3.05, 3.63) is 29.8 Å². The SMILES string of the molecule is CCN(C(C)C)S(=O)(=O)c1ccc(CC(N)=S)cc1. The summed E-state index contributed by atoms with van der Waals surface area (Å²) in [5.74, 6) is 0. The highest BCUT2D eigenvalue weighted by molar-refractivity contribution is 7.89. The fourth-order valence-electron chi connectivity index (χ4n) is 1.93. The van der Waals surface area contributed by atoms with Crippen LogP contribution in [-0.2, 0) is 16.4 Å². The molecule has 0 spiro atoms. The molecule has 4 nitrogen and oxygen atoms in total. The van der Waals surface area contributed by atoms with Crippen molar-refractivity contribution in [3.63, 3.8) is 0 Å². The summed E-state index contributed by atoms with van der Waals surface area (Å²) in [5, 5.41) is 0. The highest BCUT2D eigenvalue weighted by atomic mass is 32.2. The topological polar surface area (TPSA) is 63.4 Å². The molecule has 0 amide bonds. The van der Waals surface area contributed by atoms with Crippen molar-refractivity contribution < 1.29 is 8.42 Å². The van der Waals surface area contributed by atoms with Crippen LogP contribution in [0.15, 0.2) is 29.2 Å². The van der Waals surface area contributed by atoms with E-state index < -0.39 is 10.0 Å². The van der Waals surface area contributed by atoms with Gasteiger partial charge in [0.25, 0.3) is 0 Å². The molecular weight excluding hydrogens is 280 g/mol. The average molecular weight is 300 g/mol. The zero-order chi connectivity index (χ0) is 14.6. The molecule has 0 aromatic heterocycles. The molecule has 0 saturated carbocycles. The Morgan fingerprint density at radius 1 is 1.32 bits per heavy atom. The van der Waals surface area contributed by atoms with Crippen molar-refractivity contribution in [3.8, 4) is 0 Å². The van der Waals surface area contributed by atoms with E-state index in [1.165, 1.54) is 4.31 Å². The Labute approximate surface area is 120 Å². The van der Waals surface area contributed by atoms with Gasteiger partial charge in [0, 0.05) is 19.0 Å². The molecule has 0 unspecified atom stereocenters. The van der Waals surface area contributed by atoms with Gasteiger partial charge in [0.1, 0.15) is 0 Å². The Hall–Kier alpha value is -0.980. The van der Waals surface area contributed by atoms with Crippen molar-refractivity contribution in [1.82, 2.24) is 4.31 Å². The third-order valence-electron chi connectivity index (χ3n) is 2.80. The number of nitrogens with two attached hydrogens (primary N) is 1. The van der Waals surface area contributed by atoms with Crippen molar-refractivity contribution in [2.24, 2.45) is 5.73 Å². The molecule has 1 aromatic carbocycles. The van der Waals surface area contributed by atoms with E-state index in [2.05, 4.69) is 0 Å². The Kier molecular flexibility index (Phi) is 5.46. The maximum absolute atomic E-state index is 12.4. The van der Waals surface area contributed by atoms with Crippen molar-refractivity contribution >= 4 is 27.2 Å². The predicted molar refractivity (Wildman–Crippen MR) is 81.6 cm³/mol. The predicted octanol–water partition coefficient (Wildman–Crippen LogP) is 1.93. The summed E-state index contributed by atoms with van der Waals surface area (Å²) in [6.45, 7) is 6.01. The van der Waals surface area contributed by atoms with E-state index in [-0.39, 0.29) is 6.04 Å². The van der Waals surface area contributed by atoms with Crippen LogP contribution in [0.25, 0.3) is 0 Å². The molecule has 2 N–H and O–H groups in total. The van der Waals surface area contributed by atoms with Gasteiger partial charge in [0.05, 0.1) is 9.88 Å². The van der Waals surface area contributed by atoms with Crippen LogP contribution in [0.4, 0.5) is 0 Å². The highest BCUT2D eigenvalue weighted by Gasteiger charge is 2.25. The summed E-state index contributed by atoms with van der Waals surface area (Å²) < 4.78 is 26.3. The fraction of sp³-hybridized carbons (Fsp3) is 0.462. The van der Waals surface area contributed by atoms with Crippen LogP contribution in [0.5, 0.6) is 0 Å². The zero-order valence-corrected chi connectivity index (χ0v) is 13.1. The van der Waals surface area contributed by atoms with E-state index in [0.29, 0.717) is 22.8 Å². The van der Waals surface area contributed by atoms with Gasteiger partial charge in [-0.2, -0.15) is 4.31 Å². The first-order valence-corrected chi connectivity index (χ1v) is 8.03. The zero-order valence-electron chi connectivity index (χ0n) is 11.5. The van der Waals surface area contributed by atoms with E-state index in [1.807, 2.05) is 20.8 Å². The summed E-state index contributed by atoms with van der Waals surface area (Å²) >= 11 is 4.83. The van der Waals surface area contributed by atoms with E-state index >= 15 is 0 Å². The second-order valence-corrected chi connectivity index (χ2v) is 7.00. The maximum atomic E-state index is 12.4. The first kappa shape index (κ1) is 16.1. The van der Waals surface area contributed by atoms with Crippen LogP contribution in [0.2, 0.25) is 0 Å². The molecule has 1 rings (SSSR count). The molecule has 19 heavy (non-hydrogen) atoms. The highest BCUT2D eigenvalue weighted by Crippen LogP contribution is 2.18. The van der Waals surface area contributed by atoms with Gasteiger partial charge in [-0.25, -0.2) is 8.42 Å². The number of hydrogen-bond donors (Lipinski definition) is 1. The fourth-order valence-corrected chi connectivity index (χ4v) is 3.74. The molecule has 0 aliphatic carbocycles. The number of benzene rings is 1. The van der Waals surface area contributed by atoms with Crippen LogP contribution in [0, 0.1) is 0 Å². The Bertz CT molecular complexity index is 536. The number of nitrogens with zero attached hydrogens (tertiary/aromatic N) is 1. The molecule has 106 valence electrons. The summed E-state index contributed by atoms with van der Waals surface area (Å²) in [4.78, 5) is 0.697. The van der Waals surface area contributed by atoms with Gasteiger partial charge in [-0.15, -0.1) is 0 Å². The molecule has 0 atom stereocenters. The molecule has 0 heterocycles. The number of sulfonamides is 1. The van der Waals surface area contributed by atoms with Gasteiger partial charge in [-0.05, 0) is 31.5 Å². The normalized spacial score (nSPS) is 12.1.